The predicted molar refractivity (Wildman–Crippen MR) is 83.9 cm³/mol. The van der Waals surface area contributed by atoms with Crippen molar-refractivity contribution in [2.24, 2.45) is 0 Å². The summed E-state index contributed by atoms with van der Waals surface area (Å²) in [5.41, 5.74) is 1.13. The van der Waals surface area contributed by atoms with Crippen LogP contribution in [0.25, 0.3) is 0 Å². The summed E-state index contributed by atoms with van der Waals surface area (Å²) in [6, 6.07) is 10.1. The third-order valence-corrected chi connectivity index (χ3v) is 3.36. The molecule has 7 nitrogen and oxygen atoms in total. The Hall–Kier alpha value is -3.09. The van der Waals surface area contributed by atoms with E-state index in [1.54, 1.807) is 19.1 Å². The minimum Gasteiger partial charge on any atom is -0.461 e. The van der Waals surface area contributed by atoms with E-state index in [0.717, 1.165) is 5.56 Å². The molecule has 0 aliphatic carbocycles. The molecule has 0 spiro atoms. The number of esters is 1. The highest BCUT2D eigenvalue weighted by molar-refractivity contribution is 5.94. The molecular formula is C17H16N2O5. The van der Waals surface area contributed by atoms with Crippen LogP contribution in [0.2, 0.25) is 0 Å². The maximum atomic E-state index is 12.2. The molecule has 0 fully saturated rings. The van der Waals surface area contributed by atoms with Crippen LogP contribution >= 0.6 is 0 Å². The molecule has 1 aliphatic heterocycles. The quantitative estimate of drug-likeness (QED) is 0.844. The third-order valence-electron chi connectivity index (χ3n) is 3.36. The molecule has 0 atom stereocenters. The summed E-state index contributed by atoms with van der Waals surface area (Å²) < 4.78 is 15.4. The second kappa shape index (κ2) is 6.99. The number of hydrogen-bond donors (Lipinski definition) is 1. The lowest BCUT2D eigenvalue weighted by molar-refractivity contribution is 0.0519. The number of aromatic nitrogens is 1. The van der Waals surface area contributed by atoms with Crippen LogP contribution in [0.4, 0.5) is 0 Å². The molecule has 1 aromatic carbocycles. The van der Waals surface area contributed by atoms with Gasteiger partial charge in [0.25, 0.3) is 5.91 Å². The van der Waals surface area contributed by atoms with Crippen LogP contribution in [0.5, 0.6) is 11.5 Å². The Bertz CT molecular complexity index is 775. The number of fused-ring (bicyclic) bond motifs is 1. The molecule has 7 heteroatoms. The van der Waals surface area contributed by atoms with Gasteiger partial charge in [0.1, 0.15) is 11.4 Å². The van der Waals surface area contributed by atoms with Gasteiger partial charge in [-0.2, -0.15) is 0 Å². The number of pyridine rings is 1. The van der Waals surface area contributed by atoms with Crippen molar-refractivity contribution in [3.63, 3.8) is 0 Å². The molecular weight excluding hydrogens is 312 g/mol. The van der Waals surface area contributed by atoms with Gasteiger partial charge >= 0.3 is 5.97 Å². The standard InChI is InChI=1S/C17H16N2O5/c1-2-22-17(21)13-5-3-4-12(19-13)16(20)18-9-11-6-7-14-15(8-11)24-10-23-14/h3-8H,2,9-10H2,1H3,(H,18,20). The van der Waals surface area contributed by atoms with Crippen LogP contribution in [-0.2, 0) is 11.3 Å². The van der Waals surface area contributed by atoms with Gasteiger partial charge in [0.2, 0.25) is 6.79 Å². The number of benzene rings is 1. The predicted octanol–water partition coefficient (Wildman–Crippen LogP) is 1.92. The van der Waals surface area contributed by atoms with E-state index < -0.39 is 5.97 Å². The van der Waals surface area contributed by atoms with E-state index in [2.05, 4.69) is 10.3 Å². The van der Waals surface area contributed by atoms with E-state index in [9.17, 15) is 9.59 Å². The van der Waals surface area contributed by atoms with Crippen molar-refractivity contribution in [1.82, 2.24) is 10.3 Å². The summed E-state index contributed by atoms with van der Waals surface area (Å²) in [6.07, 6.45) is 0. The van der Waals surface area contributed by atoms with E-state index in [0.29, 0.717) is 18.0 Å². The highest BCUT2D eigenvalue weighted by Gasteiger charge is 2.15. The smallest absolute Gasteiger partial charge is 0.356 e. The number of nitrogens with one attached hydrogen (secondary N) is 1. The molecule has 1 N–H and O–H groups in total. The van der Waals surface area contributed by atoms with Crippen molar-refractivity contribution in [1.29, 1.82) is 0 Å². The van der Waals surface area contributed by atoms with E-state index in [-0.39, 0.29) is 30.7 Å². The van der Waals surface area contributed by atoms with Crippen molar-refractivity contribution in [2.75, 3.05) is 13.4 Å². The average molecular weight is 328 g/mol. The Balaban J connectivity index is 1.65. The van der Waals surface area contributed by atoms with Crippen LogP contribution in [0.3, 0.4) is 0 Å². The molecule has 0 radical (unpaired) electrons. The van der Waals surface area contributed by atoms with E-state index in [1.165, 1.54) is 12.1 Å². The van der Waals surface area contributed by atoms with Crippen molar-refractivity contribution >= 4 is 11.9 Å². The number of carbonyl (C=O) groups is 2. The first kappa shape index (κ1) is 15.8. The monoisotopic (exact) mass is 328 g/mol. The summed E-state index contributed by atoms with van der Waals surface area (Å²) in [5, 5.41) is 2.75. The molecule has 0 saturated carbocycles. The zero-order valence-corrected chi connectivity index (χ0v) is 13.1. The molecule has 3 rings (SSSR count). The number of ether oxygens (including phenoxy) is 3. The van der Waals surface area contributed by atoms with Gasteiger partial charge in [0.05, 0.1) is 6.61 Å². The molecule has 2 heterocycles. The maximum Gasteiger partial charge on any atom is 0.356 e. The topological polar surface area (TPSA) is 86.8 Å². The molecule has 0 saturated heterocycles. The second-order valence-corrected chi connectivity index (χ2v) is 5.00. The van der Waals surface area contributed by atoms with Gasteiger partial charge in [0.15, 0.2) is 11.5 Å². The van der Waals surface area contributed by atoms with Gasteiger partial charge in [0, 0.05) is 6.54 Å². The van der Waals surface area contributed by atoms with Crippen LogP contribution in [-0.4, -0.2) is 30.3 Å². The van der Waals surface area contributed by atoms with Gasteiger partial charge in [-0.05, 0) is 36.8 Å². The van der Waals surface area contributed by atoms with Gasteiger partial charge in [-0.15, -0.1) is 0 Å². The highest BCUT2D eigenvalue weighted by Crippen LogP contribution is 2.32. The summed E-state index contributed by atoms with van der Waals surface area (Å²) in [7, 11) is 0. The Morgan fingerprint density at radius 1 is 1.17 bits per heavy atom. The largest absolute Gasteiger partial charge is 0.461 e. The summed E-state index contributed by atoms with van der Waals surface area (Å²) >= 11 is 0. The van der Waals surface area contributed by atoms with Crippen LogP contribution < -0.4 is 14.8 Å². The summed E-state index contributed by atoms with van der Waals surface area (Å²) in [5.74, 6) is 0.416. The zero-order valence-electron chi connectivity index (χ0n) is 13.1. The second-order valence-electron chi connectivity index (χ2n) is 5.00. The fourth-order valence-electron chi connectivity index (χ4n) is 2.20. The Morgan fingerprint density at radius 3 is 2.79 bits per heavy atom. The SMILES string of the molecule is CCOC(=O)c1cccc(C(=O)NCc2ccc3c(c2)OCO3)n1. The lowest BCUT2D eigenvalue weighted by Crippen LogP contribution is -2.24. The first-order valence-corrected chi connectivity index (χ1v) is 7.48. The van der Waals surface area contributed by atoms with E-state index in [4.69, 9.17) is 14.2 Å². The van der Waals surface area contributed by atoms with Crippen molar-refractivity contribution < 1.29 is 23.8 Å². The van der Waals surface area contributed by atoms with Gasteiger partial charge in [-0.3, -0.25) is 4.79 Å². The lowest BCUT2D eigenvalue weighted by atomic mass is 10.2. The van der Waals surface area contributed by atoms with E-state index >= 15 is 0 Å². The molecule has 0 bridgehead atoms. The van der Waals surface area contributed by atoms with Crippen LogP contribution in [0, 0.1) is 0 Å². The first-order chi connectivity index (χ1) is 11.7. The van der Waals surface area contributed by atoms with Gasteiger partial charge in [-0.25, -0.2) is 9.78 Å². The van der Waals surface area contributed by atoms with Crippen LogP contribution in [0.1, 0.15) is 33.5 Å². The summed E-state index contributed by atoms with van der Waals surface area (Å²) in [4.78, 5) is 27.9. The van der Waals surface area contributed by atoms with Crippen molar-refractivity contribution in [3.05, 3.63) is 53.3 Å². The average Bonchev–Trinajstić information content (AvgIpc) is 3.07. The molecule has 24 heavy (non-hydrogen) atoms. The van der Waals surface area contributed by atoms with Crippen molar-refractivity contribution in [3.8, 4) is 11.5 Å². The molecule has 124 valence electrons. The number of carbonyl (C=O) groups excluding carboxylic acids is 2. The molecule has 1 aliphatic rings. The Labute approximate surface area is 138 Å². The van der Waals surface area contributed by atoms with Gasteiger partial charge < -0.3 is 19.5 Å². The minimum absolute atomic E-state index is 0.104. The maximum absolute atomic E-state index is 12.2. The first-order valence-electron chi connectivity index (χ1n) is 7.48. The van der Waals surface area contributed by atoms with Gasteiger partial charge in [-0.1, -0.05) is 12.1 Å². The molecule has 1 aromatic heterocycles. The summed E-state index contributed by atoms with van der Waals surface area (Å²) in [6.45, 7) is 2.47. The number of amides is 1. The fraction of sp³-hybridized carbons (Fsp3) is 0.235. The third kappa shape index (κ3) is 3.45. The molecule has 2 aromatic rings. The normalized spacial score (nSPS) is 11.9. The highest BCUT2D eigenvalue weighted by atomic mass is 16.7. The number of nitrogens with zero attached hydrogens (tertiary/aromatic N) is 1. The fourth-order valence-corrected chi connectivity index (χ4v) is 2.20. The zero-order chi connectivity index (χ0) is 16.9. The molecule has 0 unspecified atom stereocenters. The van der Waals surface area contributed by atoms with Crippen LogP contribution in [0.15, 0.2) is 36.4 Å². The molecule has 1 amide bonds. The van der Waals surface area contributed by atoms with E-state index in [1.807, 2.05) is 12.1 Å². The lowest BCUT2D eigenvalue weighted by Gasteiger charge is -2.07. The number of hydrogen-bond acceptors (Lipinski definition) is 6. The minimum atomic E-state index is -0.553. The Morgan fingerprint density at radius 2 is 1.96 bits per heavy atom. The Kier molecular flexibility index (Phi) is 4.60. The number of rotatable bonds is 5. The van der Waals surface area contributed by atoms with Crippen molar-refractivity contribution in [2.45, 2.75) is 13.5 Å².